The van der Waals surface area contributed by atoms with Crippen LogP contribution in [0.4, 0.5) is 5.69 Å². The van der Waals surface area contributed by atoms with Crippen molar-refractivity contribution in [1.82, 2.24) is 0 Å². The number of thioether (sulfide) groups is 1. The van der Waals surface area contributed by atoms with Crippen molar-refractivity contribution < 1.29 is 21.5 Å². The SMILES string of the molecule is C.C.CCC(=Cc1sc2ccccc2[n+]1C)C=C1Sc2ccccc2N1C.[Br-]. The fourth-order valence-electron chi connectivity index (χ4n) is 3.06. The summed E-state index contributed by atoms with van der Waals surface area (Å²) < 4.78 is 3.62. The molecule has 1 aromatic heterocycles. The molecule has 0 spiro atoms. The standard InChI is InChI=1S/C21H21N2S2.2CH4.BrH/c1-4-15(13-20-22(2)16-9-5-7-11-18(16)24-20)14-21-23(3)17-10-6-8-12-19(17)25-21;;;/h5-14H,4H2,1-3H3;2*1H4;1H/q+1;;;/p-1. The van der Waals surface area contributed by atoms with Crippen LogP contribution in [0.3, 0.4) is 0 Å². The largest absolute Gasteiger partial charge is 1.00 e. The zero-order valence-electron chi connectivity index (χ0n) is 15.1. The summed E-state index contributed by atoms with van der Waals surface area (Å²) in [6.45, 7) is 2.23. The number of anilines is 1. The van der Waals surface area contributed by atoms with Crippen LogP contribution in [-0.2, 0) is 7.05 Å². The van der Waals surface area contributed by atoms with Crippen molar-refractivity contribution in [2.24, 2.45) is 7.05 Å². The van der Waals surface area contributed by atoms with Gasteiger partial charge in [-0.2, -0.15) is 4.57 Å². The number of benzene rings is 2. The maximum atomic E-state index is 2.33. The first-order valence-corrected chi connectivity index (χ1v) is 10.1. The van der Waals surface area contributed by atoms with E-state index in [1.165, 1.54) is 36.4 Å². The number of nitrogens with zero attached hydrogens (tertiary/aromatic N) is 2. The van der Waals surface area contributed by atoms with Gasteiger partial charge in [0.05, 0.1) is 10.7 Å². The molecule has 0 fully saturated rings. The lowest BCUT2D eigenvalue weighted by Crippen LogP contribution is -3.00. The highest BCUT2D eigenvalue weighted by molar-refractivity contribution is 8.03. The van der Waals surface area contributed by atoms with Gasteiger partial charge in [0.1, 0.15) is 11.7 Å². The molecule has 3 aromatic rings. The number of para-hydroxylation sites is 2. The predicted molar refractivity (Wildman–Crippen MR) is 124 cm³/mol. The van der Waals surface area contributed by atoms with Crippen molar-refractivity contribution >= 4 is 45.1 Å². The third-order valence-corrected chi connectivity index (χ3v) is 6.90. The summed E-state index contributed by atoms with van der Waals surface area (Å²) >= 11 is 3.70. The molecule has 2 nitrogen and oxygen atoms in total. The third kappa shape index (κ3) is 4.53. The Morgan fingerprint density at radius 1 is 1.07 bits per heavy atom. The topological polar surface area (TPSA) is 7.12 Å². The second-order valence-electron chi connectivity index (χ2n) is 6.15. The summed E-state index contributed by atoms with van der Waals surface area (Å²) in [5.74, 6) is 0. The minimum atomic E-state index is 0. The molecule has 0 unspecified atom stereocenters. The van der Waals surface area contributed by atoms with Gasteiger partial charge >= 0.3 is 0 Å². The van der Waals surface area contributed by atoms with Gasteiger partial charge in [0.2, 0.25) is 5.52 Å². The van der Waals surface area contributed by atoms with E-state index in [-0.39, 0.29) is 31.8 Å². The lowest BCUT2D eigenvalue weighted by Gasteiger charge is -2.13. The van der Waals surface area contributed by atoms with E-state index in [9.17, 15) is 0 Å². The molecule has 0 amide bonds. The summed E-state index contributed by atoms with van der Waals surface area (Å²) in [6.07, 6.45) is 5.67. The van der Waals surface area contributed by atoms with E-state index in [4.69, 9.17) is 0 Å². The van der Waals surface area contributed by atoms with Gasteiger partial charge in [-0.05, 0) is 36.3 Å². The molecule has 150 valence electrons. The molecule has 28 heavy (non-hydrogen) atoms. The Morgan fingerprint density at radius 3 is 2.43 bits per heavy atom. The van der Waals surface area contributed by atoms with Crippen LogP contribution in [0.25, 0.3) is 16.3 Å². The van der Waals surface area contributed by atoms with Crippen LogP contribution in [0.5, 0.6) is 0 Å². The highest BCUT2D eigenvalue weighted by Crippen LogP contribution is 2.45. The van der Waals surface area contributed by atoms with Crippen molar-refractivity contribution in [2.45, 2.75) is 33.1 Å². The van der Waals surface area contributed by atoms with Gasteiger partial charge in [-0.1, -0.05) is 69.1 Å². The molecule has 5 heteroatoms. The Hall–Kier alpha value is -1.56. The Labute approximate surface area is 188 Å². The normalized spacial score (nSPS) is 14.3. The molecule has 2 heterocycles. The van der Waals surface area contributed by atoms with Crippen LogP contribution in [0.2, 0.25) is 0 Å². The first kappa shape index (κ1) is 24.5. The van der Waals surface area contributed by atoms with Crippen molar-refractivity contribution in [3.8, 4) is 0 Å². The van der Waals surface area contributed by atoms with E-state index in [1.54, 1.807) is 0 Å². The van der Waals surface area contributed by atoms with Crippen LogP contribution >= 0.6 is 23.1 Å². The van der Waals surface area contributed by atoms with E-state index in [0.717, 1.165) is 6.42 Å². The number of rotatable bonds is 3. The summed E-state index contributed by atoms with van der Waals surface area (Å²) in [4.78, 5) is 3.62. The Balaban J connectivity index is 0.00000131. The molecule has 0 radical (unpaired) electrons. The van der Waals surface area contributed by atoms with Gasteiger partial charge in [0, 0.05) is 24.1 Å². The Kier molecular flexibility index (Phi) is 8.99. The van der Waals surface area contributed by atoms with Gasteiger partial charge in [-0.3, -0.25) is 0 Å². The predicted octanol–water partition coefficient (Wildman–Crippen LogP) is 3.88. The highest BCUT2D eigenvalue weighted by Gasteiger charge is 2.21. The fraction of sp³-hybridized carbons (Fsp3) is 0.261. The molecule has 0 bridgehead atoms. The van der Waals surface area contributed by atoms with Crippen LogP contribution in [0.1, 0.15) is 33.2 Å². The van der Waals surface area contributed by atoms with Crippen LogP contribution in [0, 0.1) is 0 Å². The number of aryl methyl sites for hydroxylation is 1. The summed E-state index contributed by atoms with van der Waals surface area (Å²) in [5, 5.41) is 2.58. The zero-order chi connectivity index (χ0) is 17.4. The minimum absolute atomic E-state index is 0. The molecule has 4 rings (SSSR count). The first-order valence-electron chi connectivity index (χ1n) is 8.48. The summed E-state index contributed by atoms with van der Waals surface area (Å²) in [6, 6.07) is 17.2. The number of halogens is 1. The Bertz CT molecular complexity index is 1000. The number of allylic oxidation sites excluding steroid dienone is 2. The monoisotopic (exact) mass is 476 g/mol. The quantitative estimate of drug-likeness (QED) is 0.529. The fourth-order valence-corrected chi connectivity index (χ4v) is 5.31. The molecule has 1 aliphatic rings. The number of thiazole rings is 1. The molecule has 0 saturated carbocycles. The van der Waals surface area contributed by atoms with Crippen molar-refractivity contribution in [2.75, 3.05) is 11.9 Å². The van der Waals surface area contributed by atoms with Crippen molar-refractivity contribution in [1.29, 1.82) is 0 Å². The van der Waals surface area contributed by atoms with Crippen molar-refractivity contribution in [3.05, 3.63) is 70.2 Å². The number of hydrogen-bond acceptors (Lipinski definition) is 3. The third-order valence-electron chi connectivity index (χ3n) is 4.57. The van der Waals surface area contributed by atoms with E-state index < -0.39 is 0 Å². The molecule has 0 atom stereocenters. The molecule has 0 aliphatic carbocycles. The van der Waals surface area contributed by atoms with E-state index in [1.807, 2.05) is 23.1 Å². The zero-order valence-corrected chi connectivity index (χ0v) is 18.3. The highest BCUT2D eigenvalue weighted by atomic mass is 79.9. The van der Waals surface area contributed by atoms with Gasteiger partial charge in [-0.25, -0.2) is 0 Å². The maximum absolute atomic E-state index is 2.33. The number of hydrogen-bond donors (Lipinski definition) is 0. The number of fused-ring (bicyclic) bond motifs is 2. The molecular formula is C23H29BrN2S2. The molecule has 0 saturated heterocycles. The van der Waals surface area contributed by atoms with Crippen LogP contribution in [0.15, 0.2) is 70.1 Å². The number of aromatic nitrogens is 1. The Morgan fingerprint density at radius 2 is 1.75 bits per heavy atom. The van der Waals surface area contributed by atoms with E-state index in [2.05, 4.69) is 91.2 Å². The average molecular weight is 478 g/mol. The maximum Gasteiger partial charge on any atom is 0.262 e. The molecule has 2 aromatic carbocycles. The molecule has 1 aliphatic heterocycles. The van der Waals surface area contributed by atoms with E-state index in [0.29, 0.717) is 0 Å². The minimum Gasteiger partial charge on any atom is -1.00 e. The van der Waals surface area contributed by atoms with Gasteiger partial charge in [-0.15, -0.1) is 0 Å². The van der Waals surface area contributed by atoms with Gasteiger partial charge in [0.25, 0.3) is 5.01 Å². The second-order valence-corrected chi connectivity index (χ2v) is 8.28. The van der Waals surface area contributed by atoms with Crippen LogP contribution in [-0.4, -0.2) is 7.05 Å². The van der Waals surface area contributed by atoms with E-state index >= 15 is 0 Å². The lowest BCUT2D eigenvalue weighted by atomic mass is 10.2. The first-order chi connectivity index (χ1) is 12.2. The van der Waals surface area contributed by atoms with Crippen LogP contribution < -0.4 is 26.4 Å². The average Bonchev–Trinajstić information content (AvgIpc) is 3.12. The molecule has 0 N–H and O–H groups in total. The summed E-state index contributed by atoms with van der Waals surface area (Å²) in [5.41, 5.74) is 3.94. The van der Waals surface area contributed by atoms with Gasteiger partial charge < -0.3 is 21.9 Å². The van der Waals surface area contributed by atoms with Gasteiger partial charge in [0.15, 0.2) is 0 Å². The lowest BCUT2D eigenvalue weighted by molar-refractivity contribution is -0.642. The van der Waals surface area contributed by atoms with Crippen molar-refractivity contribution in [3.63, 3.8) is 0 Å². The summed E-state index contributed by atoms with van der Waals surface area (Å²) in [7, 11) is 4.30. The second kappa shape index (κ2) is 10.3. The smallest absolute Gasteiger partial charge is 0.262 e. The molecular weight excluding hydrogens is 448 g/mol.